The molecular weight excluding hydrogens is 701 g/mol. The van der Waals surface area contributed by atoms with Crippen LogP contribution in [0.5, 0.6) is 5.75 Å². The van der Waals surface area contributed by atoms with Crippen molar-refractivity contribution in [1.82, 2.24) is 20.9 Å². The van der Waals surface area contributed by atoms with Crippen LogP contribution in [0.2, 0.25) is 0 Å². The van der Waals surface area contributed by atoms with Gasteiger partial charge in [0, 0.05) is 12.0 Å². The zero-order valence-corrected chi connectivity index (χ0v) is 27.0. The van der Waals surface area contributed by atoms with Crippen LogP contribution in [0.25, 0.3) is 0 Å². The van der Waals surface area contributed by atoms with Gasteiger partial charge in [-0.15, -0.1) is 0 Å². The van der Waals surface area contributed by atoms with Gasteiger partial charge in [0.25, 0.3) is 5.91 Å². The number of rotatable bonds is 19. The highest BCUT2D eigenvalue weighted by atomic mass is 32.2. The molecule has 0 fully saturated rings. The number of alkyl halides is 3. The molecule has 0 heterocycles. The Morgan fingerprint density at radius 3 is 2.04 bits per heavy atom. The molecule has 274 valence electrons. The molecular formula is C30H34F5N5O9S. The number of nitrogens with zero attached hydrogens (tertiary/aromatic N) is 2. The fourth-order valence-corrected chi connectivity index (χ4v) is 4.96. The molecule has 2 aromatic rings. The third-order valence-electron chi connectivity index (χ3n) is 7.17. The van der Waals surface area contributed by atoms with Gasteiger partial charge in [-0.1, -0.05) is 51.4 Å². The minimum Gasteiger partial charge on any atom is -0.508 e. The van der Waals surface area contributed by atoms with E-state index >= 15 is 13.2 Å². The largest absolute Gasteiger partial charge is 0.508 e. The average molecular weight is 736 g/mol. The van der Waals surface area contributed by atoms with Gasteiger partial charge in [0.1, 0.15) is 17.8 Å². The van der Waals surface area contributed by atoms with Gasteiger partial charge in [-0.2, -0.15) is 20.5 Å². The first-order valence-electron chi connectivity index (χ1n) is 14.5. The van der Waals surface area contributed by atoms with Gasteiger partial charge in [0.05, 0.1) is 17.9 Å². The number of halogens is 5. The molecule has 0 aliphatic rings. The normalized spacial score (nSPS) is 14.5. The summed E-state index contributed by atoms with van der Waals surface area (Å²) in [4.78, 5) is 75.1. The highest BCUT2D eigenvalue weighted by Gasteiger charge is 2.70. The van der Waals surface area contributed by atoms with Crippen molar-refractivity contribution in [3.8, 4) is 5.75 Å². The second-order valence-corrected chi connectivity index (χ2v) is 11.7. The van der Waals surface area contributed by atoms with Crippen LogP contribution in [0, 0.1) is 0 Å². The van der Waals surface area contributed by atoms with Gasteiger partial charge in [-0.3, -0.25) is 28.9 Å². The molecule has 50 heavy (non-hydrogen) atoms. The first-order chi connectivity index (χ1) is 23.4. The standard InChI is InChI=1S/C30H34F5N5O9S/c1-50-14-13-22(27(47)48)39(28(49)30(33,40(34)35)29(31,32)18-5-3-2-4-6-18)23(42)16-37-26(46)21(11-12-24(43)44)38-25(45)20(36)15-17-7-9-19(41)10-8-17/h2-10,20-22,41H,11-16,36H2,1H3,(H,37,46)(H,38,45)(H,43,44)(H,47,48)/t20-,21+,22-,30+/m0/s1. The van der Waals surface area contributed by atoms with E-state index in [4.69, 9.17) is 10.8 Å². The summed E-state index contributed by atoms with van der Waals surface area (Å²) in [6, 6.07) is 4.07. The lowest BCUT2D eigenvalue weighted by Crippen LogP contribution is -2.65. The van der Waals surface area contributed by atoms with Gasteiger partial charge >= 0.3 is 23.7 Å². The van der Waals surface area contributed by atoms with Crippen LogP contribution in [0.15, 0.2) is 54.6 Å². The summed E-state index contributed by atoms with van der Waals surface area (Å²) in [7, 11) is 0. The third kappa shape index (κ3) is 10.3. The second-order valence-electron chi connectivity index (χ2n) is 10.7. The number of benzene rings is 2. The number of thioether (sulfide) groups is 1. The number of amides is 4. The highest BCUT2D eigenvalue weighted by molar-refractivity contribution is 7.98. The molecule has 0 aromatic heterocycles. The number of carboxylic acids is 2. The number of imide groups is 1. The molecule has 7 N–H and O–H groups in total. The Hall–Kier alpha value is -4.82. The Morgan fingerprint density at radius 1 is 0.920 bits per heavy atom. The molecule has 0 spiro atoms. The predicted molar refractivity (Wildman–Crippen MR) is 166 cm³/mol. The molecule has 0 saturated heterocycles. The lowest BCUT2D eigenvalue weighted by atomic mass is 9.96. The number of phenolic OH excluding ortho intramolecular Hbond substituents is 1. The topological polar surface area (TPSA) is 220 Å². The molecule has 14 nitrogen and oxygen atoms in total. The molecule has 0 aliphatic carbocycles. The lowest BCUT2D eigenvalue weighted by Gasteiger charge is -2.37. The van der Waals surface area contributed by atoms with E-state index in [1.165, 1.54) is 36.6 Å². The lowest BCUT2D eigenvalue weighted by molar-refractivity contribution is -0.337. The number of nitrogens with one attached hydrogen (secondary N) is 2. The van der Waals surface area contributed by atoms with E-state index in [0.29, 0.717) is 17.7 Å². The van der Waals surface area contributed by atoms with E-state index in [9.17, 15) is 47.9 Å². The van der Waals surface area contributed by atoms with E-state index in [0.717, 1.165) is 23.9 Å². The van der Waals surface area contributed by atoms with Crippen LogP contribution in [0.4, 0.5) is 22.1 Å². The number of carboxylic acid groups (broad SMARTS) is 2. The highest BCUT2D eigenvalue weighted by Crippen LogP contribution is 2.46. The van der Waals surface area contributed by atoms with E-state index in [2.05, 4.69) is 5.32 Å². The van der Waals surface area contributed by atoms with Crippen molar-refractivity contribution in [2.24, 2.45) is 5.73 Å². The van der Waals surface area contributed by atoms with Crippen LogP contribution >= 0.6 is 11.8 Å². The third-order valence-corrected chi connectivity index (χ3v) is 7.81. The average Bonchev–Trinajstić information content (AvgIpc) is 3.07. The fraction of sp³-hybridized carbons (Fsp3) is 0.400. The number of phenols is 1. The maximum atomic E-state index is 15.9. The molecule has 20 heteroatoms. The number of carbonyl (C=O) groups excluding carboxylic acids is 4. The predicted octanol–water partition coefficient (Wildman–Crippen LogP) is 1.82. The number of hydrogen-bond acceptors (Lipinski definition) is 10. The van der Waals surface area contributed by atoms with Crippen LogP contribution in [-0.4, -0.2) is 104 Å². The van der Waals surface area contributed by atoms with Crippen molar-refractivity contribution < 1.29 is 66.2 Å². The Bertz CT molecular complexity index is 1520. The van der Waals surface area contributed by atoms with Crippen molar-refractivity contribution in [3.63, 3.8) is 0 Å². The number of carbonyl (C=O) groups is 6. The van der Waals surface area contributed by atoms with E-state index < -0.39 is 107 Å². The van der Waals surface area contributed by atoms with Crippen LogP contribution in [-0.2, 0) is 41.1 Å². The number of aromatic hydroxyl groups is 1. The first-order valence-corrected chi connectivity index (χ1v) is 15.9. The van der Waals surface area contributed by atoms with Crippen LogP contribution < -0.4 is 16.4 Å². The van der Waals surface area contributed by atoms with Gasteiger partial charge in [0.15, 0.2) is 0 Å². The second kappa shape index (κ2) is 18.3. The summed E-state index contributed by atoms with van der Waals surface area (Å²) < 4.78 is 74.8. The maximum Gasteiger partial charge on any atom is 0.365 e. The molecule has 0 aliphatic heterocycles. The van der Waals surface area contributed by atoms with Crippen molar-refractivity contribution in [2.75, 3.05) is 18.6 Å². The van der Waals surface area contributed by atoms with E-state index in [1.54, 1.807) is 0 Å². The minimum atomic E-state index is -5.63. The Morgan fingerprint density at radius 2 is 1.52 bits per heavy atom. The zero-order valence-electron chi connectivity index (χ0n) is 26.2. The number of aliphatic carboxylic acids is 2. The number of nitrogens with two attached hydrogens (primary N) is 1. The summed E-state index contributed by atoms with van der Waals surface area (Å²) in [5.74, 6) is -21.9. The summed E-state index contributed by atoms with van der Waals surface area (Å²) >= 11 is 0.951. The van der Waals surface area contributed by atoms with Gasteiger partial charge in [-0.25, -0.2) is 9.18 Å². The number of hydrogen-bond donors (Lipinski definition) is 6. The smallest absolute Gasteiger partial charge is 0.365 e. The van der Waals surface area contributed by atoms with Crippen molar-refractivity contribution in [3.05, 3.63) is 65.7 Å². The summed E-state index contributed by atoms with van der Waals surface area (Å²) in [5, 5.41) is 29.6. The molecule has 4 atom stereocenters. The SMILES string of the molecule is CSCC[C@@H](C(=O)O)N(C(=O)CNC(=O)[C@@H](CCC(=O)O)NC(=O)[C@@H](N)Cc1ccc(O)cc1)C(=O)[C@@](F)(N(F)F)C(F)(F)c1ccccc1. The van der Waals surface area contributed by atoms with Crippen molar-refractivity contribution in [1.29, 1.82) is 0 Å². The quantitative estimate of drug-likeness (QED) is 0.0692. The van der Waals surface area contributed by atoms with E-state index in [1.807, 2.05) is 5.32 Å². The van der Waals surface area contributed by atoms with Gasteiger partial charge in [-0.05, 0) is 49.0 Å². The molecule has 0 saturated carbocycles. The molecule has 0 unspecified atom stereocenters. The Kier molecular flexibility index (Phi) is 15.1. The zero-order chi connectivity index (χ0) is 37.8. The summed E-state index contributed by atoms with van der Waals surface area (Å²) in [6.07, 6.45) is -0.703. The maximum absolute atomic E-state index is 15.9. The Balaban J connectivity index is 2.41. The Labute approximate surface area is 285 Å². The molecule has 0 bridgehead atoms. The van der Waals surface area contributed by atoms with Crippen LogP contribution in [0.1, 0.15) is 30.4 Å². The van der Waals surface area contributed by atoms with Gasteiger partial charge < -0.3 is 31.7 Å². The van der Waals surface area contributed by atoms with Gasteiger partial charge in [0.2, 0.25) is 17.7 Å². The molecule has 2 rings (SSSR count). The fourth-order valence-electron chi connectivity index (χ4n) is 4.50. The summed E-state index contributed by atoms with van der Waals surface area (Å²) in [6.45, 7) is -1.47. The van der Waals surface area contributed by atoms with Crippen molar-refractivity contribution >= 4 is 47.3 Å². The summed E-state index contributed by atoms with van der Waals surface area (Å²) in [5.41, 5.74) is 4.96. The van der Waals surface area contributed by atoms with Crippen molar-refractivity contribution in [2.45, 2.75) is 55.5 Å². The minimum absolute atomic E-state index is 0.0697. The van der Waals surface area contributed by atoms with E-state index in [-0.39, 0.29) is 17.9 Å². The van der Waals surface area contributed by atoms with Crippen LogP contribution in [0.3, 0.4) is 0 Å². The first kappa shape index (κ1) is 41.4. The monoisotopic (exact) mass is 735 g/mol. The molecule has 0 radical (unpaired) electrons. The molecule has 2 aromatic carbocycles. The molecule has 4 amide bonds.